The second-order valence-electron chi connectivity index (χ2n) is 6.27. The van der Waals surface area contributed by atoms with Gasteiger partial charge in [-0.3, -0.25) is 4.79 Å². The zero-order valence-corrected chi connectivity index (χ0v) is 15.8. The number of rotatable bonds is 11. The number of hydrogen-bond acceptors (Lipinski definition) is 4. The average molecular weight is 336 g/mol. The molecule has 0 saturated carbocycles. The molecule has 0 aliphatic heterocycles. The molecule has 1 aromatic rings. The van der Waals surface area contributed by atoms with E-state index in [1.54, 1.807) is 6.20 Å². The third kappa shape index (κ3) is 6.11. The molecular formula is C19H32N2O3. The van der Waals surface area contributed by atoms with Crippen LogP contribution in [0, 0.1) is 6.92 Å². The third-order valence-electron chi connectivity index (χ3n) is 3.93. The lowest BCUT2D eigenvalue weighted by molar-refractivity contribution is -0.140. The van der Waals surface area contributed by atoms with Gasteiger partial charge < -0.3 is 14.8 Å². The smallest absolute Gasteiger partial charge is 0.256 e. The minimum atomic E-state index is -0.808. The van der Waals surface area contributed by atoms with E-state index in [1.807, 2.05) is 33.8 Å². The van der Waals surface area contributed by atoms with E-state index in [2.05, 4.69) is 17.2 Å². The lowest BCUT2D eigenvalue weighted by Crippen LogP contribution is -2.43. The van der Waals surface area contributed by atoms with E-state index in [4.69, 9.17) is 9.47 Å². The summed E-state index contributed by atoms with van der Waals surface area (Å²) in [6.45, 7) is 11.1. The van der Waals surface area contributed by atoms with Gasteiger partial charge in [0.05, 0.1) is 18.5 Å². The van der Waals surface area contributed by atoms with Crippen molar-refractivity contribution >= 4 is 11.6 Å². The quantitative estimate of drug-likeness (QED) is 0.605. The van der Waals surface area contributed by atoms with Gasteiger partial charge in [0.2, 0.25) is 5.88 Å². The first-order valence-electron chi connectivity index (χ1n) is 9.01. The number of aryl methyl sites for hydroxylation is 1. The Labute approximate surface area is 146 Å². The van der Waals surface area contributed by atoms with E-state index in [1.165, 1.54) is 0 Å². The first-order chi connectivity index (χ1) is 11.5. The number of nitrogens with one attached hydrogen (secondary N) is 1. The summed E-state index contributed by atoms with van der Waals surface area (Å²) in [7, 11) is 0. The molecule has 0 aliphatic rings. The molecule has 1 atom stereocenters. The largest absolute Gasteiger partial charge is 0.478 e. The number of carbonyl (C=O) groups is 1. The molecule has 0 fully saturated rings. The van der Waals surface area contributed by atoms with Crippen LogP contribution in [0.1, 0.15) is 65.4 Å². The lowest BCUT2D eigenvalue weighted by atomic mass is 9.96. The molecule has 1 rings (SSSR count). The van der Waals surface area contributed by atoms with Crippen LogP contribution in [-0.2, 0) is 9.53 Å². The van der Waals surface area contributed by atoms with Crippen molar-refractivity contribution in [2.24, 2.45) is 0 Å². The van der Waals surface area contributed by atoms with Crippen LogP contribution in [0.25, 0.3) is 0 Å². The fraction of sp³-hybridized carbons (Fsp3) is 0.684. The van der Waals surface area contributed by atoms with Crippen molar-refractivity contribution < 1.29 is 14.3 Å². The predicted molar refractivity (Wildman–Crippen MR) is 97.6 cm³/mol. The van der Waals surface area contributed by atoms with Gasteiger partial charge in [0, 0.05) is 12.2 Å². The summed E-state index contributed by atoms with van der Waals surface area (Å²) in [5.41, 5.74) is 0.761. The molecule has 0 aliphatic carbocycles. The maximum Gasteiger partial charge on any atom is 0.256 e. The van der Waals surface area contributed by atoms with Gasteiger partial charge in [-0.1, -0.05) is 33.1 Å². The average Bonchev–Trinajstić information content (AvgIpc) is 2.56. The maximum absolute atomic E-state index is 12.8. The highest BCUT2D eigenvalue weighted by Gasteiger charge is 2.33. The van der Waals surface area contributed by atoms with E-state index in [9.17, 15) is 4.79 Å². The zero-order chi connectivity index (χ0) is 18.0. The highest BCUT2D eigenvalue weighted by atomic mass is 16.5. The van der Waals surface area contributed by atoms with Crippen LogP contribution in [-0.4, -0.2) is 29.7 Å². The number of hydrogen-bond donors (Lipinski definition) is 1. The fourth-order valence-electron chi connectivity index (χ4n) is 2.47. The van der Waals surface area contributed by atoms with Crippen LogP contribution < -0.4 is 10.1 Å². The predicted octanol–water partition coefficient (Wildman–Crippen LogP) is 4.49. The van der Waals surface area contributed by atoms with Gasteiger partial charge in [0.25, 0.3) is 5.91 Å². The molecule has 0 radical (unpaired) electrons. The Balaban J connectivity index is 2.80. The minimum absolute atomic E-state index is 0.114. The van der Waals surface area contributed by atoms with Crippen molar-refractivity contribution in [3.8, 4) is 5.88 Å². The van der Waals surface area contributed by atoms with E-state index in [0.29, 0.717) is 24.8 Å². The van der Waals surface area contributed by atoms with E-state index < -0.39 is 5.60 Å². The number of nitrogens with zero attached hydrogens (tertiary/aromatic N) is 1. The lowest BCUT2D eigenvalue weighted by Gasteiger charge is -2.28. The highest BCUT2D eigenvalue weighted by molar-refractivity contribution is 5.97. The Morgan fingerprint density at radius 3 is 2.58 bits per heavy atom. The van der Waals surface area contributed by atoms with Gasteiger partial charge >= 0.3 is 0 Å². The number of anilines is 1. The Bertz CT molecular complexity index is 519. The maximum atomic E-state index is 12.8. The number of pyridine rings is 1. The van der Waals surface area contributed by atoms with Crippen LogP contribution >= 0.6 is 0 Å². The molecule has 1 heterocycles. The number of ether oxygens (including phenoxy) is 2. The minimum Gasteiger partial charge on any atom is -0.478 e. The number of unbranched alkanes of at least 4 members (excludes halogenated alkanes) is 2. The van der Waals surface area contributed by atoms with Crippen LogP contribution in [0.4, 0.5) is 5.69 Å². The van der Waals surface area contributed by atoms with Crippen LogP contribution in [0.3, 0.4) is 0 Å². The van der Waals surface area contributed by atoms with E-state index in [-0.39, 0.29) is 5.91 Å². The van der Waals surface area contributed by atoms with Gasteiger partial charge in [0.15, 0.2) is 0 Å². The molecule has 0 aromatic carbocycles. The number of carbonyl (C=O) groups excluding carboxylic acids is 1. The SMILES string of the molecule is CCCCC[C@](C)(OCCC)C(=O)Nc1cnc(OCC)c(C)c1. The molecule has 5 nitrogen and oxygen atoms in total. The molecule has 0 bridgehead atoms. The van der Waals surface area contributed by atoms with Crippen LogP contribution in [0.15, 0.2) is 12.3 Å². The van der Waals surface area contributed by atoms with Crippen molar-refractivity contribution in [2.75, 3.05) is 18.5 Å². The topological polar surface area (TPSA) is 60.5 Å². The standard InChI is InChI=1S/C19H32N2O3/c1-6-9-10-11-19(5,24-12-7-2)18(22)21-16-13-15(4)17(20-14-16)23-8-3/h13-14H,6-12H2,1-5H3,(H,21,22)/t19-/m0/s1. The molecule has 0 spiro atoms. The van der Waals surface area contributed by atoms with Crippen molar-refractivity contribution in [2.45, 2.75) is 72.3 Å². The Hall–Kier alpha value is -1.62. The molecule has 136 valence electrons. The van der Waals surface area contributed by atoms with Crippen LogP contribution in [0.2, 0.25) is 0 Å². The summed E-state index contributed by atoms with van der Waals surface area (Å²) in [4.78, 5) is 17.0. The molecule has 1 aromatic heterocycles. The normalized spacial score (nSPS) is 13.4. The van der Waals surface area contributed by atoms with Crippen molar-refractivity contribution in [3.63, 3.8) is 0 Å². The summed E-state index contributed by atoms with van der Waals surface area (Å²) >= 11 is 0. The van der Waals surface area contributed by atoms with Crippen molar-refractivity contribution in [1.82, 2.24) is 4.98 Å². The third-order valence-corrected chi connectivity index (χ3v) is 3.93. The Morgan fingerprint density at radius 1 is 1.25 bits per heavy atom. The molecule has 1 amide bonds. The highest BCUT2D eigenvalue weighted by Crippen LogP contribution is 2.24. The molecule has 5 heteroatoms. The van der Waals surface area contributed by atoms with Crippen molar-refractivity contribution in [3.05, 3.63) is 17.8 Å². The van der Waals surface area contributed by atoms with Crippen LogP contribution in [0.5, 0.6) is 5.88 Å². The van der Waals surface area contributed by atoms with E-state index >= 15 is 0 Å². The fourth-order valence-corrected chi connectivity index (χ4v) is 2.47. The molecule has 1 N–H and O–H groups in total. The summed E-state index contributed by atoms with van der Waals surface area (Å²) in [5, 5.41) is 2.95. The van der Waals surface area contributed by atoms with Gasteiger partial charge in [-0.05, 0) is 39.7 Å². The number of aromatic nitrogens is 1. The van der Waals surface area contributed by atoms with Crippen molar-refractivity contribution in [1.29, 1.82) is 0 Å². The number of amides is 1. The first-order valence-corrected chi connectivity index (χ1v) is 9.01. The molecule has 0 unspecified atom stereocenters. The monoisotopic (exact) mass is 336 g/mol. The van der Waals surface area contributed by atoms with Gasteiger partial charge in [-0.2, -0.15) is 0 Å². The summed E-state index contributed by atoms with van der Waals surface area (Å²) in [6, 6.07) is 1.88. The van der Waals surface area contributed by atoms with Gasteiger partial charge in [0.1, 0.15) is 5.60 Å². The second kappa shape index (κ2) is 10.3. The van der Waals surface area contributed by atoms with Gasteiger partial charge in [-0.15, -0.1) is 0 Å². The summed E-state index contributed by atoms with van der Waals surface area (Å²) in [5.74, 6) is 0.487. The zero-order valence-electron chi connectivity index (χ0n) is 15.8. The molecule has 24 heavy (non-hydrogen) atoms. The molecular weight excluding hydrogens is 304 g/mol. The molecule has 0 saturated heterocycles. The van der Waals surface area contributed by atoms with E-state index in [0.717, 1.165) is 37.7 Å². The van der Waals surface area contributed by atoms with Gasteiger partial charge in [-0.25, -0.2) is 4.98 Å². The summed E-state index contributed by atoms with van der Waals surface area (Å²) in [6.07, 6.45) is 6.43. The first kappa shape index (κ1) is 20.4. The second-order valence-corrected chi connectivity index (χ2v) is 6.27. The Morgan fingerprint density at radius 2 is 2.00 bits per heavy atom. The Kier molecular flexibility index (Phi) is 8.76. The summed E-state index contributed by atoms with van der Waals surface area (Å²) < 4.78 is 11.3.